The SMILES string of the molecule is N#CCN=C(Nc1cc(Br)cc(C(F)(F)F)c1)N(Cc1ccc(C(=O)Nc2nn[nH]n2)cc1)c1ccc(C2CCCCC2)cc1. The van der Waals surface area contributed by atoms with Crippen LogP contribution in [0.3, 0.4) is 0 Å². The number of carbonyl (C=O) groups is 1. The van der Waals surface area contributed by atoms with Gasteiger partial charge in [0.2, 0.25) is 5.96 Å². The van der Waals surface area contributed by atoms with E-state index >= 15 is 0 Å². The van der Waals surface area contributed by atoms with Crippen molar-refractivity contribution in [2.75, 3.05) is 22.1 Å². The molecule has 45 heavy (non-hydrogen) atoms. The number of H-pyrrole nitrogens is 1. The molecular weight excluding hydrogens is 651 g/mol. The minimum absolute atomic E-state index is 0.0394. The molecule has 1 aliphatic carbocycles. The molecule has 0 atom stereocenters. The lowest BCUT2D eigenvalue weighted by molar-refractivity contribution is -0.137. The van der Waals surface area contributed by atoms with Crippen molar-refractivity contribution in [1.29, 1.82) is 5.26 Å². The van der Waals surface area contributed by atoms with E-state index in [2.05, 4.69) is 64.3 Å². The number of nitrogens with one attached hydrogen (secondary N) is 3. The number of anilines is 3. The number of halogens is 4. The zero-order valence-corrected chi connectivity index (χ0v) is 25.6. The van der Waals surface area contributed by atoms with Crippen LogP contribution in [0.4, 0.5) is 30.5 Å². The predicted molar refractivity (Wildman–Crippen MR) is 168 cm³/mol. The number of guanidine groups is 1. The summed E-state index contributed by atoms with van der Waals surface area (Å²) in [7, 11) is 0. The van der Waals surface area contributed by atoms with E-state index in [0.717, 1.165) is 36.2 Å². The number of alkyl halides is 3. The Morgan fingerprint density at radius 1 is 1.04 bits per heavy atom. The molecule has 3 N–H and O–H groups in total. The molecule has 0 spiro atoms. The molecule has 4 aromatic rings. The second kappa shape index (κ2) is 14.3. The van der Waals surface area contributed by atoms with Crippen molar-refractivity contribution in [1.82, 2.24) is 20.6 Å². The Kier molecular flexibility index (Phi) is 10.1. The van der Waals surface area contributed by atoms with E-state index in [0.29, 0.717) is 11.5 Å². The lowest BCUT2D eigenvalue weighted by atomic mass is 9.84. The summed E-state index contributed by atoms with van der Waals surface area (Å²) in [5.41, 5.74) is 2.41. The second-order valence-electron chi connectivity index (χ2n) is 10.5. The monoisotopic (exact) mass is 679 g/mol. The van der Waals surface area contributed by atoms with Crippen LogP contribution in [0.2, 0.25) is 0 Å². The van der Waals surface area contributed by atoms with Gasteiger partial charge in [0.25, 0.3) is 11.9 Å². The molecule has 5 rings (SSSR count). The number of nitriles is 1. The van der Waals surface area contributed by atoms with E-state index in [1.165, 1.54) is 30.9 Å². The van der Waals surface area contributed by atoms with Crippen LogP contribution in [-0.2, 0) is 12.7 Å². The number of hydrogen-bond donors (Lipinski definition) is 3. The van der Waals surface area contributed by atoms with Gasteiger partial charge in [-0.25, -0.2) is 4.99 Å². The molecule has 232 valence electrons. The van der Waals surface area contributed by atoms with Gasteiger partial charge in [-0.1, -0.05) is 64.6 Å². The van der Waals surface area contributed by atoms with Crippen LogP contribution in [0.15, 0.2) is 76.2 Å². The van der Waals surface area contributed by atoms with Crippen LogP contribution in [0, 0.1) is 11.3 Å². The highest BCUT2D eigenvalue weighted by molar-refractivity contribution is 9.10. The van der Waals surface area contributed by atoms with Gasteiger partial charge in [0.15, 0.2) is 0 Å². The van der Waals surface area contributed by atoms with E-state index in [4.69, 9.17) is 0 Å². The number of benzene rings is 3. The zero-order valence-electron chi connectivity index (χ0n) is 24.0. The molecule has 1 aromatic heterocycles. The fourth-order valence-corrected chi connectivity index (χ4v) is 5.73. The zero-order chi connectivity index (χ0) is 31.8. The van der Waals surface area contributed by atoms with Crippen LogP contribution < -0.4 is 15.5 Å². The molecular formula is C31H29BrF3N9O. The van der Waals surface area contributed by atoms with Gasteiger partial charge in [0.05, 0.1) is 18.2 Å². The Labute approximate surface area is 265 Å². The van der Waals surface area contributed by atoms with E-state index in [1.54, 1.807) is 29.2 Å². The Morgan fingerprint density at radius 3 is 2.42 bits per heavy atom. The number of aromatic nitrogens is 4. The van der Waals surface area contributed by atoms with Gasteiger partial charge in [-0.2, -0.15) is 23.6 Å². The van der Waals surface area contributed by atoms with E-state index in [9.17, 15) is 23.2 Å². The van der Waals surface area contributed by atoms with Crippen molar-refractivity contribution in [3.8, 4) is 6.07 Å². The smallest absolute Gasteiger partial charge is 0.326 e. The number of aliphatic imine (C=N–C) groups is 1. The molecule has 0 bridgehead atoms. The second-order valence-corrected chi connectivity index (χ2v) is 11.5. The Balaban J connectivity index is 1.46. The van der Waals surface area contributed by atoms with E-state index in [1.807, 2.05) is 18.2 Å². The van der Waals surface area contributed by atoms with Gasteiger partial charge in [-0.15, -0.1) is 5.10 Å². The van der Waals surface area contributed by atoms with Gasteiger partial charge in [-0.3, -0.25) is 10.1 Å². The Hall–Kier alpha value is -4.77. The number of carbonyl (C=O) groups excluding carboxylic acids is 1. The average molecular weight is 681 g/mol. The molecule has 14 heteroatoms. The van der Waals surface area contributed by atoms with Crippen molar-refractivity contribution in [3.05, 3.63) is 93.5 Å². The molecule has 3 aromatic carbocycles. The first-order valence-corrected chi connectivity index (χ1v) is 15.1. The molecule has 1 fully saturated rings. The molecule has 1 saturated carbocycles. The number of amides is 1. The molecule has 10 nitrogen and oxygen atoms in total. The number of tetrazole rings is 1. The minimum atomic E-state index is -4.56. The van der Waals surface area contributed by atoms with Gasteiger partial charge in [-0.05, 0) is 77.6 Å². The van der Waals surface area contributed by atoms with Crippen LogP contribution in [0.5, 0.6) is 0 Å². The highest BCUT2D eigenvalue weighted by Crippen LogP contribution is 2.35. The van der Waals surface area contributed by atoms with Crippen LogP contribution in [0.25, 0.3) is 0 Å². The van der Waals surface area contributed by atoms with E-state index in [-0.39, 0.29) is 35.2 Å². The standard InChI is InChI=1S/C31H29BrF3N9O/c32-25-16-24(31(33,34)35)17-26(18-25)38-30(37-15-14-36)44(27-12-10-22(11-13-27)21-4-2-1-3-5-21)19-20-6-8-23(9-7-20)28(45)39-29-40-42-43-41-29/h6-13,16-18,21H,1-5,15,19H2,(H,37,38)(H2,39,40,41,42,43,45). The molecule has 0 radical (unpaired) electrons. The van der Waals surface area contributed by atoms with Crippen LogP contribution in [0.1, 0.15) is 65.1 Å². The van der Waals surface area contributed by atoms with Gasteiger partial charge < -0.3 is 10.2 Å². The third-order valence-corrected chi connectivity index (χ3v) is 7.90. The third kappa shape index (κ3) is 8.45. The summed E-state index contributed by atoms with van der Waals surface area (Å²) in [6, 6.07) is 20.4. The highest BCUT2D eigenvalue weighted by Gasteiger charge is 2.31. The van der Waals surface area contributed by atoms with Crippen LogP contribution >= 0.6 is 15.9 Å². The van der Waals surface area contributed by atoms with Crippen molar-refractivity contribution < 1.29 is 18.0 Å². The molecule has 0 unspecified atom stereocenters. The van der Waals surface area contributed by atoms with Gasteiger partial charge in [0, 0.05) is 21.4 Å². The first-order chi connectivity index (χ1) is 21.7. The molecule has 1 heterocycles. The maximum Gasteiger partial charge on any atom is 0.416 e. The number of rotatable bonds is 8. The highest BCUT2D eigenvalue weighted by atomic mass is 79.9. The molecule has 0 saturated heterocycles. The number of aromatic amines is 1. The number of hydrogen-bond acceptors (Lipinski definition) is 6. The molecule has 1 amide bonds. The summed E-state index contributed by atoms with van der Waals surface area (Å²) in [4.78, 5) is 18.8. The molecule has 0 aliphatic heterocycles. The fourth-order valence-electron chi connectivity index (χ4n) is 5.24. The Bertz CT molecular complexity index is 1660. The average Bonchev–Trinajstić information content (AvgIpc) is 3.55. The van der Waals surface area contributed by atoms with E-state index < -0.39 is 17.6 Å². The minimum Gasteiger partial charge on any atom is -0.326 e. The van der Waals surface area contributed by atoms with Crippen LogP contribution in [-0.4, -0.2) is 39.0 Å². The van der Waals surface area contributed by atoms with Crippen molar-refractivity contribution in [3.63, 3.8) is 0 Å². The van der Waals surface area contributed by atoms with Crippen molar-refractivity contribution >= 4 is 45.1 Å². The Morgan fingerprint density at radius 2 is 1.78 bits per heavy atom. The normalized spacial score (nSPS) is 14.1. The summed E-state index contributed by atoms with van der Waals surface area (Å²) in [5, 5.41) is 28.0. The van der Waals surface area contributed by atoms with Gasteiger partial charge in [0.1, 0.15) is 6.54 Å². The first kappa shape index (κ1) is 31.6. The predicted octanol–water partition coefficient (Wildman–Crippen LogP) is 7.28. The van der Waals surface area contributed by atoms with Gasteiger partial charge >= 0.3 is 6.18 Å². The largest absolute Gasteiger partial charge is 0.416 e. The lowest BCUT2D eigenvalue weighted by Crippen LogP contribution is -2.36. The maximum absolute atomic E-state index is 13.6. The lowest BCUT2D eigenvalue weighted by Gasteiger charge is -2.28. The molecule has 1 aliphatic rings. The topological polar surface area (TPSA) is 135 Å². The van der Waals surface area contributed by atoms with Crippen molar-refractivity contribution in [2.45, 2.75) is 50.7 Å². The summed E-state index contributed by atoms with van der Waals surface area (Å²) in [5.74, 6) is 0.288. The van der Waals surface area contributed by atoms with Crippen molar-refractivity contribution in [2.24, 2.45) is 4.99 Å². The quantitative estimate of drug-likeness (QED) is 0.101. The summed E-state index contributed by atoms with van der Waals surface area (Å²) < 4.78 is 41.1. The first-order valence-electron chi connectivity index (χ1n) is 14.3. The number of nitrogens with zero attached hydrogens (tertiary/aromatic N) is 6. The maximum atomic E-state index is 13.6. The summed E-state index contributed by atoms with van der Waals surface area (Å²) >= 11 is 3.17. The summed E-state index contributed by atoms with van der Waals surface area (Å²) in [6.45, 7) is 0.00121. The fraction of sp³-hybridized carbons (Fsp3) is 0.290. The summed E-state index contributed by atoms with van der Waals surface area (Å²) in [6.07, 6.45) is 1.35. The third-order valence-electron chi connectivity index (χ3n) is 7.45.